The quantitative estimate of drug-likeness (QED) is 0.507. The Morgan fingerprint density at radius 3 is 3.18 bits per heavy atom. The largest absolute Gasteiger partial charge is 0.447 e. The molecule has 0 aromatic rings. The minimum atomic E-state index is -0.320. The van der Waals surface area contributed by atoms with Crippen LogP contribution in [0, 0.1) is 11.3 Å². The molecule has 0 spiro atoms. The maximum absolute atomic E-state index is 11.0. The molecule has 0 radical (unpaired) electrons. The monoisotopic (exact) mass is 152 g/mol. The van der Waals surface area contributed by atoms with E-state index in [9.17, 15) is 4.79 Å². The summed E-state index contributed by atoms with van der Waals surface area (Å²) in [6.07, 6.45) is 1.39. The van der Waals surface area contributed by atoms with Crippen LogP contribution in [0.4, 0.5) is 4.79 Å². The van der Waals surface area contributed by atoms with Crippen LogP contribution in [0.5, 0.6) is 0 Å². The van der Waals surface area contributed by atoms with Crippen molar-refractivity contribution in [1.82, 2.24) is 4.90 Å². The third kappa shape index (κ3) is 0.773. The molecule has 0 aromatic carbocycles. The second-order valence-electron chi connectivity index (χ2n) is 2.86. The first-order valence-electron chi connectivity index (χ1n) is 3.67. The SMILES string of the molecule is N#CC1CC[C@H]2COC(=O)N12. The van der Waals surface area contributed by atoms with Crippen molar-refractivity contribution >= 4 is 6.09 Å². The van der Waals surface area contributed by atoms with E-state index >= 15 is 0 Å². The number of amides is 1. The number of carbonyl (C=O) groups is 1. The minimum Gasteiger partial charge on any atom is -0.447 e. The van der Waals surface area contributed by atoms with Crippen molar-refractivity contribution < 1.29 is 9.53 Å². The standard InChI is InChI=1S/C7H8N2O2/c8-3-5-1-2-6-4-11-7(10)9(5)6/h5-6H,1-2,4H2/t5?,6-/m0/s1. The van der Waals surface area contributed by atoms with Gasteiger partial charge in [-0.1, -0.05) is 0 Å². The van der Waals surface area contributed by atoms with Gasteiger partial charge in [-0.05, 0) is 12.8 Å². The van der Waals surface area contributed by atoms with Gasteiger partial charge in [0.2, 0.25) is 0 Å². The first-order chi connectivity index (χ1) is 5.33. The van der Waals surface area contributed by atoms with E-state index in [4.69, 9.17) is 10.00 Å². The Bertz CT molecular complexity index is 233. The molecule has 4 heteroatoms. The second kappa shape index (κ2) is 2.12. The molecule has 1 unspecified atom stereocenters. The molecule has 2 fully saturated rings. The Labute approximate surface area is 64.3 Å². The van der Waals surface area contributed by atoms with Gasteiger partial charge in [-0.15, -0.1) is 0 Å². The number of hydrogen-bond acceptors (Lipinski definition) is 3. The first kappa shape index (κ1) is 6.47. The lowest BCUT2D eigenvalue weighted by molar-refractivity contribution is 0.155. The van der Waals surface area contributed by atoms with Crippen LogP contribution in [0.15, 0.2) is 0 Å². The molecule has 58 valence electrons. The van der Waals surface area contributed by atoms with E-state index < -0.39 is 0 Å². The van der Waals surface area contributed by atoms with E-state index in [0.29, 0.717) is 6.61 Å². The Kier molecular flexibility index (Phi) is 1.25. The summed E-state index contributed by atoms with van der Waals surface area (Å²) in [6.45, 7) is 0.469. The van der Waals surface area contributed by atoms with Gasteiger partial charge in [-0.2, -0.15) is 5.26 Å². The van der Waals surface area contributed by atoms with E-state index in [1.54, 1.807) is 4.90 Å². The van der Waals surface area contributed by atoms with Crippen LogP contribution in [0.3, 0.4) is 0 Å². The average molecular weight is 152 g/mol. The highest BCUT2D eigenvalue weighted by Crippen LogP contribution is 2.28. The number of nitriles is 1. The zero-order valence-electron chi connectivity index (χ0n) is 5.99. The highest BCUT2D eigenvalue weighted by Gasteiger charge is 2.43. The molecule has 2 atom stereocenters. The zero-order chi connectivity index (χ0) is 7.84. The topological polar surface area (TPSA) is 53.3 Å². The molecule has 4 nitrogen and oxygen atoms in total. The van der Waals surface area contributed by atoms with Crippen molar-refractivity contribution in [3.63, 3.8) is 0 Å². The smallest absolute Gasteiger partial charge is 0.411 e. The molecule has 0 saturated carbocycles. The number of rotatable bonds is 0. The molecule has 2 rings (SSSR count). The van der Waals surface area contributed by atoms with Gasteiger partial charge in [-0.25, -0.2) is 4.79 Å². The third-order valence-corrected chi connectivity index (χ3v) is 2.26. The van der Waals surface area contributed by atoms with Crippen molar-refractivity contribution in [2.24, 2.45) is 0 Å². The molecule has 0 aromatic heterocycles. The Morgan fingerprint density at radius 2 is 2.45 bits per heavy atom. The summed E-state index contributed by atoms with van der Waals surface area (Å²) in [6, 6.07) is 2.02. The molecule has 2 aliphatic heterocycles. The lowest BCUT2D eigenvalue weighted by Gasteiger charge is -2.13. The highest BCUT2D eigenvalue weighted by atomic mass is 16.6. The lowest BCUT2D eigenvalue weighted by atomic mass is 10.2. The fourth-order valence-electron chi connectivity index (χ4n) is 1.69. The van der Waals surface area contributed by atoms with Crippen molar-refractivity contribution in [2.75, 3.05) is 6.61 Å². The van der Waals surface area contributed by atoms with Gasteiger partial charge >= 0.3 is 6.09 Å². The fourth-order valence-corrected chi connectivity index (χ4v) is 1.69. The molecule has 1 amide bonds. The van der Waals surface area contributed by atoms with Crippen LogP contribution in [-0.4, -0.2) is 29.7 Å². The average Bonchev–Trinajstić information content (AvgIpc) is 2.54. The number of carbonyl (C=O) groups excluding carboxylic acids is 1. The van der Waals surface area contributed by atoms with Gasteiger partial charge in [0.25, 0.3) is 0 Å². The summed E-state index contributed by atoms with van der Waals surface area (Å²) in [5.41, 5.74) is 0. The molecule has 0 aliphatic carbocycles. The van der Waals surface area contributed by atoms with Crippen LogP contribution >= 0.6 is 0 Å². The highest BCUT2D eigenvalue weighted by molar-refractivity contribution is 5.71. The molecule has 0 bridgehead atoms. The number of nitrogens with zero attached hydrogens (tertiary/aromatic N) is 2. The molecule has 2 saturated heterocycles. The van der Waals surface area contributed by atoms with Gasteiger partial charge < -0.3 is 4.74 Å². The maximum Gasteiger partial charge on any atom is 0.411 e. The van der Waals surface area contributed by atoms with Crippen LogP contribution in [-0.2, 0) is 4.74 Å². The zero-order valence-corrected chi connectivity index (χ0v) is 5.99. The van der Waals surface area contributed by atoms with Crippen molar-refractivity contribution in [3.05, 3.63) is 0 Å². The van der Waals surface area contributed by atoms with Gasteiger partial charge in [0.05, 0.1) is 12.1 Å². The Balaban J connectivity index is 2.21. The van der Waals surface area contributed by atoms with E-state index in [0.717, 1.165) is 12.8 Å². The summed E-state index contributed by atoms with van der Waals surface area (Å²) >= 11 is 0. The normalized spacial score (nSPS) is 34.8. The van der Waals surface area contributed by atoms with Gasteiger partial charge in [0.1, 0.15) is 12.6 Å². The Morgan fingerprint density at radius 1 is 1.64 bits per heavy atom. The van der Waals surface area contributed by atoms with E-state index in [2.05, 4.69) is 6.07 Å². The number of cyclic esters (lactones) is 1. The summed E-state index contributed by atoms with van der Waals surface area (Å²) < 4.78 is 4.79. The minimum absolute atomic E-state index is 0.173. The summed E-state index contributed by atoms with van der Waals surface area (Å²) in [4.78, 5) is 12.5. The van der Waals surface area contributed by atoms with E-state index in [-0.39, 0.29) is 18.2 Å². The summed E-state index contributed by atoms with van der Waals surface area (Å²) in [7, 11) is 0. The van der Waals surface area contributed by atoms with Crippen LogP contribution in [0.25, 0.3) is 0 Å². The Hall–Kier alpha value is -1.24. The lowest BCUT2D eigenvalue weighted by Crippen LogP contribution is -2.33. The molecule has 2 aliphatic rings. The predicted molar refractivity (Wildman–Crippen MR) is 35.6 cm³/mol. The van der Waals surface area contributed by atoms with Crippen molar-refractivity contribution in [1.29, 1.82) is 5.26 Å². The van der Waals surface area contributed by atoms with E-state index in [1.807, 2.05) is 0 Å². The molecular formula is C7H8N2O2. The number of fused-ring (bicyclic) bond motifs is 1. The maximum atomic E-state index is 11.0. The second-order valence-corrected chi connectivity index (χ2v) is 2.86. The van der Waals surface area contributed by atoms with Gasteiger partial charge in [-0.3, -0.25) is 4.90 Å². The van der Waals surface area contributed by atoms with Crippen LogP contribution in [0.2, 0.25) is 0 Å². The van der Waals surface area contributed by atoms with Crippen molar-refractivity contribution in [2.45, 2.75) is 24.9 Å². The van der Waals surface area contributed by atoms with Gasteiger partial charge in [0.15, 0.2) is 0 Å². The molecule has 11 heavy (non-hydrogen) atoms. The summed E-state index contributed by atoms with van der Waals surface area (Å²) in [5, 5.41) is 8.63. The fraction of sp³-hybridized carbons (Fsp3) is 0.714. The first-order valence-corrected chi connectivity index (χ1v) is 3.67. The molecule has 2 heterocycles. The molecule has 0 N–H and O–H groups in total. The number of ether oxygens (including phenoxy) is 1. The summed E-state index contributed by atoms with van der Waals surface area (Å²) in [5.74, 6) is 0. The van der Waals surface area contributed by atoms with Gasteiger partial charge in [0, 0.05) is 0 Å². The third-order valence-electron chi connectivity index (χ3n) is 2.26. The predicted octanol–water partition coefficient (Wildman–Crippen LogP) is 0.493. The van der Waals surface area contributed by atoms with Crippen LogP contribution < -0.4 is 0 Å². The number of hydrogen-bond donors (Lipinski definition) is 0. The van der Waals surface area contributed by atoms with Crippen LogP contribution in [0.1, 0.15) is 12.8 Å². The van der Waals surface area contributed by atoms with Crippen molar-refractivity contribution in [3.8, 4) is 6.07 Å². The molecular weight excluding hydrogens is 144 g/mol. The van der Waals surface area contributed by atoms with E-state index in [1.165, 1.54) is 0 Å².